The normalized spacial score (nSPS) is 9.84. The lowest BCUT2D eigenvalue weighted by Gasteiger charge is -2.06. The summed E-state index contributed by atoms with van der Waals surface area (Å²) in [5.41, 5.74) is 6.48. The van der Waals surface area contributed by atoms with Gasteiger partial charge in [-0.15, -0.1) is 12.4 Å². The number of amides is 1. The number of hydrogen-bond donors (Lipinski definition) is 2. The van der Waals surface area contributed by atoms with Crippen LogP contribution in [0.3, 0.4) is 0 Å². The highest BCUT2D eigenvalue weighted by molar-refractivity contribution is 5.90. The van der Waals surface area contributed by atoms with Crippen LogP contribution in [-0.2, 0) is 4.79 Å². The molecule has 0 saturated heterocycles. The van der Waals surface area contributed by atoms with Gasteiger partial charge in [0, 0.05) is 12.1 Å². The molecule has 3 N–H and O–H groups in total. The standard InChI is InChI=1S/C14H21FN2O.ClH/c1-11-7-8-12(10-13(11)15)17-14(18)6-4-2-3-5-9-16;/h7-8,10H,2-6,9,16H2,1H3,(H,17,18);1H. The van der Waals surface area contributed by atoms with Crippen molar-refractivity contribution in [3.63, 3.8) is 0 Å². The molecule has 0 bridgehead atoms. The van der Waals surface area contributed by atoms with E-state index in [-0.39, 0.29) is 24.1 Å². The first-order valence-electron chi connectivity index (χ1n) is 6.39. The number of rotatable bonds is 7. The van der Waals surface area contributed by atoms with E-state index in [2.05, 4.69) is 5.32 Å². The maximum absolute atomic E-state index is 13.3. The van der Waals surface area contributed by atoms with Gasteiger partial charge >= 0.3 is 0 Å². The Balaban J connectivity index is 0.00000324. The molecule has 0 aromatic heterocycles. The van der Waals surface area contributed by atoms with Crippen LogP contribution in [0.5, 0.6) is 0 Å². The van der Waals surface area contributed by atoms with Crippen LogP contribution in [0.25, 0.3) is 0 Å². The molecule has 5 heteroatoms. The van der Waals surface area contributed by atoms with E-state index in [0.29, 0.717) is 24.2 Å². The van der Waals surface area contributed by atoms with E-state index >= 15 is 0 Å². The largest absolute Gasteiger partial charge is 0.330 e. The Morgan fingerprint density at radius 1 is 1.26 bits per heavy atom. The Morgan fingerprint density at radius 2 is 1.95 bits per heavy atom. The molecule has 19 heavy (non-hydrogen) atoms. The second-order valence-electron chi connectivity index (χ2n) is 4.47. The maximum atomic E-state index is 13.3. The third kappa shape index (κ3) is 7.13. The van der Waals surface area contributed by atoms with Crippen molar-refractivity contribution in [1.29, 1.82) is 0 Å². The predicted molar refractivity (Wildman–Crippen MR) is 79.2 cm³/mol. The third-order valence-electron chi connectivity index (χ3n) is 2.81. The second-order valence-corrected chi connectivity index (χ2v) is 4.47. The maximum Gasteiger partial charge on any atom is 0.224 e. The van der Waals surface area contributed by atoms with E-state index in [1.54, 1.807) is 19.1 Å². The molecule has 1 amide bonds. The summed E-state index contributed by atoms with van der Waals surface area (Å²) in [6.07, 6.45) is 4.39. The SMILES string of the molecule is Cc1ccc(NC(=O)CCCCCCN)cc1F.Cl. The number of benzene rings is 1. The predicted octanol–water partition coefficient (Wildman–Crippen LogP) is 3.40. The Labute approximate surface area is 120 Å². The van der Waals surface area contributed by atoms with Crippen LogP contribution in [-0.4, -0.2) is 12.5 Å². The molecule has 1 rings (SSSR count). The number of nitrogens with two attached hydrogens (primary N) is 1. The first-order chi connectivity index (χ1) is 8.63. The molecular weight excluding hydrogens is 267 g/mol. The quantitative estimate of drug-likeness (QED) is 0.756. The Morgan fingerprint density at radius 3 is 2.58 bits per heavy atom. The summed E-state index contributed by atoms with van der Waals surface area (Å²) < 4.78 is 13.3. The van der Waals surface area contributed by atoms with E-state index in [0.717, 1.165) is 25.7 Å². The molecule has 0 spiro atoms. The molecule has 108 valence electrons. The average molecular weight is 289 g/mol. The van der Waals surface area contributed by atoms with E-state index < -0.39 is 0 Å². The van der Waals surface area contributed by atoms with Crippen LogP contribution in [0.4, 0.5) is 10.1 Å². The monoisotopic (exact) mass is 288 g/mol. The minimum absolute atomic E-state index is 0. The summed E-state index contributed by atoms with van der Waals surface area (Å²) in [5.74, 6) is -0.359. The second kappa shape index (κ2) is 9.75. The fourth-order valence-electron chi connectivity index (χ4n) is 1.68. The summed E-state index contributed by atoms with van der Waals surface area (Å²) in [6.45, 7) is 2.40. The lowest BCUT2D eigenvalue weighted by molar-refractivity contribution is -0.116. The molecule has 0 unspecified atom stereocenters. The smallest absolute Gasteiger partial charge is 0.224 e. The van der Waals surface area contributed by atoms with Crippen molar-refractivity contribution in [3.8, 4) is 0 Å². The van der Waals surface area contributed by atoms with Gasteiger partial charge in [0.15, 0.2) is 0 Å². The van der Waals surface area contributed by atoms with Gasteiger partial charge in [0.05, 0.1) is 0 Å². The van der Waals surface area contributed by atoms with Gasteiger partial charge in [-0.05, 0) is 44.0 Å². The van der Waals surface area contributed by atoms with Crippen LogP contribution in [0.1, 0.15) is 37.7 Å². The molecule has 1 aromatic carbocycles. The van der Waals surface area contributed by atoms with Crippen LogP contribution < -0.4 is 11.1 Å². The van der Waals surface area contributed by atoms with Gasteiger partial charge in [-0.1, -0.05) is 18.9 Å². The lowest BCUT2D eigenvalue weighted by Crippen LogP contribution is -2.11. The molecule has 0 aliphatic carbocycles. The van der Waals surface area contributed by atoms with Crippen molar-refractivity contribution >= 4 is 24.0 Å². The number of carbonyl (C=O) groups excluding carboxylic acids is 1. The van der Waals surface area contributed by atoms with Crippen LogP contribution in [0.2, 0.25) is 0 Å². The molecular formula is C14H22ClFN2O. The minimum atomic E-state index is -0.296. The third-order valence-corrected chi connectivity index (χ3v) is 2.81. The highest BCUT2D eigenvalue weighted by Gasteiger charge is 2.04. The molecule has 1 aromatic rings. The zero-order valence-electron chi connectivity index (χ0n) is 11.2. The molecule has 0 fully saturated rings. The van der Waals surface area contributed by atoms with Gasteiger partial charge in [-0.3, -0.25) is 4.79 Å². The number of carbonyl (C=O) groups is 1. The number of aryl methyl sites for hydroxylation is 1. The van der Waals surface area contributed by atoms with E-state index in [9.17, 15) is 9.18 Å². The fourth-order valence-corrected chi connectivity index (χ4v) is 1.68. The van der Waals surface area contributed by atoms with Gasteiger partial charge in [-0.2, -0.15) is 0 Å². The summed E-state index contributed by atoms with van der Waals surface area (Å²) >= 11 is 0. The van der Waals surface area contributed by atoms with Crippen LogP contribution >= 0.6 is 12.4 Å². The van der Waals surface area contributed by atoms with Crippen molar-refractivity contribution in [2.45, 2.75) is 39.0 Å². The van der Waals surface area contributed by atoms with Crippen molar-refractivity contribution < 1.29 is 9.18 Å². The minimum Gasteiger partial charge on any atom is -0.330 e. The Kier molecular flexibility index (Phi) is 9.17. The summed E-state index contributed by atoms with van der Waals surface area (Å²) in [7, 11) is 0. The Bertz CT molecular complexity index is 399. The van der Waals surface area contributed by atoms with E-state index in [1.165, 1.54) is 6.07 Å². The first-order valence-corrected chi connectivity index (χ1v) is 6.39. The number of unbranched alkanes of at least 4 members (excludes halogenated alkanes) is 3. The van der Waals surface area contributed by atoms with Crippen LogP contribution in [0.15, 0.2) is 18.2 Å². The summed E-state index contributed by atoms with van der Waals surface area (Å²) in [4.78, 5) is 11.6. The summed E-state index contributed by atoms with van der Waals surface area (Å²) in [5, 5.41) is 2.70. The molecule has 0 atom stereocenters. The average Bonchev–Trinajstić information content (AvgIpc) is 2.34. The molecule has 0 aliphatic heterocycles. The van der Waals surface area contributed by atoms with Crippen molar-refractivity contribution in [3.05, 3.63) is 29.6 Å². The van der Waals surface area contributed by atoms with Gasteiger partial charge in [-0.25, -0.2) is 4.39 Å². The van der Waals surface area contributed by atoms with Crippen molar-refractivity contribution in [2.24, 2.45) is 5.73 Å². The number of anilines is 1. The zero-order chi connectivity index (χ0) is 13.4. The highest BCUT2D eigenvalue weighted by atomic mass is 35.5. The molecule has 0 aliphatic rings. The van der Waals surface area contributed by atoms with E-state index in [4.69, 9.17) is 5.73 Å². The molecule has 0 heterocycles. The van der Waals surface area contributed by atoms with Gasteiger partial charge < -0.3 is 11.1 Å². The van der Waals surface area contributed by atoms with Crippen LogP contribution in [0, 0.1) is 12.7 Å². The molecule has 0 radical (unpaired) electrons. The zero-order valence-corrected chi connectivity index (χ0v) is 12.1. The van der Waals surface area contributed by atoms with Gasteiger partial charge in [0.2, 0.25) is 5.91 Å². The highest BCUT2D eigenvalue weighted by Crippen LogP contribution is 2.14. The van der Waals surface area contributed by atoms with Gasteiger partial charge in [0.1, 0.15) is 5.82 Å². The molecule has 3 nitrogen and oxygen atoms in total. The fraction of sp³-hybridized carbons (Fsp3) is 0.500. The van der Waals surface area contributed by atoms with Crippen molar-refractivity contribution in [2.75, 3.05) is 11.9 Å². The Hall–Kier alpha value is -1.13. The number of nitrogens with one attached hydrogen (secondary N) is 1. The lowest BCUT2D eigenvalue weighted by atomic mass is 10.1. The molecule has 0 saturated carbocycles. The summed E-state index contributed by atoms with van der Waals surface area (Å²) in [6, 6.07) is 4.72. The first kappa shape index (κ1) is 17.9. The topological polar surface area (TPSA) is 55.1 Å². The number of halogens is 2. The van der Waals surface area contributed by atoms with Crippen molar-refractivity contribution in [1.82, 2.24) is 0 Å². The van der Waals surface area contributed by atoms with Gasteiger partial charge in [0.25, 0.3) is 0 Å². The number of hydrogen-bond acceptors (Lipinski definition) is 2. The van der Waals surface area contributed by atoms with E-state index in [1.807, 2.05) is 0 Å².